The maximum absolute atomic E-state index is 13.1. The van der Waals surface area contributed by atoms with Crippen molar-refractivity contribution in [2.24, 2.45) is 0 Å². The lowest BCUT2D eigenvalue weighted by Crippen LogP contribution is -2.35. The molecule has 0 aliphatic carbocycles. The molecule has 3 heterocycles. The van der Waals surface area contributed by atoms with Gasteiger partial charge in [0.05, 0.1) is 4.90 Å². The molecule has 0 bridgehead atoms. The summed E-state index contributed by atoms with van der Waals surface area (Å²) in [7, 11) is -3.50. The maximum atomic E-state index is 13.1. The van der Waals surface area contributed by atoms with Gasteiger partial charge in [-0.2, -0.15) is 4.31 Å². The van der Waals surface area contributed by atoms with Crippen molar-refractivity contribution in [2.75, 3.05) is 19.9 Å². The maximum Gasteiger partial charge on any atom is 0.243 e. The molecule has 3 aromatic rings. The number of hydrogen-bond acceptors (Lipinski definition) is 5. The number of nitrogens with one attached hydrogen (secondary N) is 1. The van der Waals surface area contributed by atoms with E-state index in [1.54, 1.807) is 22.5 Å². The van der Waals surface area contributed by atoms with E-state index in [0.29, 0.717) is 42.4 Å². The van der Waals surface area contributed by atoms with E-state index in [1.165, 1.54) is 0 Å². The number of carbonyl (C=O) groups is 1. The lowest BCUT2D eigenvalue weighted by atomic mass is 10.1. The minimum atomic E-state index is -3.50. The molecule has 1 N–H and O–H groups in total. The Hall–Kier alpha value is -3.04. The Labute approximate surface area is 199 Å². The molecule has 5 rings (SSSR count). The molecule has 8 nitrogen and oxygen atoms in total. The molecule has 34 heavy (non-hydrogen) atoms. The summed E-state index contributed by atoms with van der Waals surface area (Å²) in [5.74, 6) is 1.30. The minimum Gasteiger partial charge on any atom is -0.454 e. The van der Waals surface area contributed by atoms with Gasteiger partial charge in [0.25, 0.3) is 0 Å². The van der Waals surface area contributed by atoms with Gasteiger partial charge in [-0.25, -0.2) is 8.42 Å². The standard InChI is InChI=1S/C25H29N3O5S/c1-2-21(25(29)26-16-18-6-9-23-24(14-18)33-17-32-23)28-13-10-19-15-20(7-8-22(19)28)34(30,31)27-11-4-3-5-12-27/h6-10,13-15,21H,2-5,11-12,16-17H2,1H3,(H,26,29)/t21-/m0/s1. The summed E-state index contributed by atoms with van der Waals surface area (Å²) in [5.41, 5.74) is 1.76. The van der Waals surface area contributed by atoms with Gasteiger partial charge in [0.2, 0.25) is 22.7 Å². The van der Waals surface area contributed by atoms with Crippen molar-refractivity contribution in [3.8, 4) is 11.5 Å². The van der Waals surface area contributed by atoms with Gasteiger partial charge in [-0.3, -0.25) is 4.79 Å². The Morgan fingerprint density at radius 1 is 1.03 bits per heavy atom. The normalized spacial score (nSPS) is 17.1. The first-order chi connectivity index (χ1) is 16.5. The van der Waals surface area contributed by atoms with Crippen LogP contribution in [-0.4, -0.2) is 43.1 Å². The summed E-state index contributed by atoms with van der Waals surface area (Å²) in [6.45, 7) is 3.70. The quantitative estimate of drug-likeness (QED) is 0.552. The van der Waals surface area contributed by atoms with E-state index >= 15 is 0 Å². The smallest absolute Gasteiger partial charge is 0.243 e. The molecule has 180 valence electrons. The number of aromatic nitrogens is 1. The average molecular weight is 484 g/mol. The monoisotopic (exact) mass is 483 g/mol. The fourth-order valence-electron chi connectivity index (χ4n) is 4.70. The van der Waals surface area contributed by atoms with E-state index in [4.69, 9.17) is 9.47 Å². The first-order valence-corrected chi connectivity index (χ1v) is 13.2. The highest BCUT2D eigenvalue weighted by Crippen LogP contribution is 2.32. The van der Waals surface area contributed by atoms with Crippen LogP contribution in [0.2, 0.25) is 0 Å². The molecule has 0 saturated carbocycles. The zero-order chi connectivity index (χ0) is 23.7. The van der Waals surface area contributed by atoms with Gasteiger partial charge in [-0.05, 0) is 61.2 Å². The predicted molar refractivity (Wildman–Crippen MR) is 128 cm³/mol. The Morgan fingerprint density at radius 3 is 2.62 bits per heavy atom. The van der Waals surface area contributed by atoms with Gasteiger partial charge in [-0.15, -0.1) is 0 Å². The van der Waals surface area contributed by atoms with Gasteiger partial charge in [0, 0.05) is 36.7 Å². The summed E-state index contributed by atoms with van der Waals surface area (Å²) in [6, 6.07) is 12.3. The Bertz CT molecular complexity index is 1310. The van der Waals surface area contributed by atoms with E-state index in [-0.39, 0.29) is 12.7 Å². The van der Waals surface area contributed by atoms with E-state index in [0.717, 1.165) is 35.7 Å². The van der Waals surface area contributed by atoms with Crippen LogP contribution in [-0.2, 0) is 21.4 Å². The van der Waals surface area contributed by atoms with Gasteiger partial charge >= 0.3 is 0 Å². The lowest BCUT2D eigenvalue weighted by Gasteiger charge is -2.26. The Balaban J connectivity index is 1.33. The minimum absolute atomic E-state index is 0.0947. The second kappa shape index (κ2) is 9.31. The van der Waals surface area contributed by atoms with Gasteiger partial charge < -0.3 is 19.4 Å². The number of ether oxygens (including phenoxy) is 2. The van der Waals surface area contributed by atoms with Crippen LogP contribution in [0.5, 0.6) is 11.5 Å². The van der Waals surface area contributed by atoms with Crippen molar-refractivity contribution < 1.29 is 22.7 Å². The van der Waals surface area contributed by atoms with Crippen molar-refractivity contribution >= 4 is 26.8 Å². The third kappa shape index (κ3) is 4.25. The summed E-state index contributed by atoms with van der Waals surface area (Å²) in [4.78, 5) is 13.4. The fourth-order valence-corrected chi connectivity index (χ4v) is 6.25. The Kier molecular flexibility index (Phi) is 6.22. The SMILES string of the molecule is CC[C@@H](C(=O)NCc1ccc2c(c1)OCO2)n1ccc2cc(S(=O)(=O)N3CCCCC3)ccc21. The van der Waals surface area contributed by atoms with E-state index < -0.39 is 16.1 Å². The molecule has 1 saturated heterocycles. The molecule has 2 aliphatic rings. The van der Waals surface area contributed by atoms with Crippen molar-refractivity contribution in [2.45, 2.75) is 50.1 Å². The zero-order valence-corrected chi connectivity index (χ0v) is 20.0. The third-order valence-electron chi connectivity index (χ3n) is 6.57. The highest BCUT2D eigenvalue weighted by atomic mass is 32.2. The molecule has 2 aliphatic heterocycles. The predicted octanol–water partition coefficient (Wildman–Crippen LogP) is 3.81. The molecule has 1 amide bonds. The summed E-state index contributed by atoms with van der Waals surface area (Å²) in [5, 5.41) is 3.82. The van der Waals surface area contributed by atoms with Crippen molar-refractivity contribution in [3.63, 3.8) is 0 Å². The van der Waals surface area contributed by atoms with Crippen LogP contribution in [0.1, 0.15) is 44.2 Å². The topological polar surface area (TPSA) is 89.9 Å². The highest BCUT2D eigenvalue weighted by Gasteiger charge is 2.27. The van der Waals surface area contributed by atoms with Crippen molar-refractivity contribution in [3.05, 3.63) is 54.2 Å². The summed E-state index contributed by atoms with van der Waals surface area (Å²) >= 11 is 0. The molecule has 0 spiro atoms. The van der Waals surface area contributed by atoms with Crippen LogP contribution in [0.25, 0.3) is 10.9 Å². The number of sulfonamides is 1. The second-order valence-electron chi connectivity index (χ2n) is 8.74. The molecule has 2 aromatic carbocycles. The van der Waals surface area contributed by atoms with Gasteiger partial charge in [-0.1, -0.05) is 19.4 Å². The molecule has 1 atom stereocenters. The highest BCUT2D eigenvalue weighted by molar-refractivity contribution is 7.89. The Morgan fingerprint density at radius 2 is 1.82 bits per heavy atom. The summed E-state index contributed by atoms with van der Waals surface area (Å²) < 4.78 is 40.4. The van der Waals surface area contributed by atoms with Crippen molar-refractivity contribution in [1.82, 2.24) is 14.2 Å². The van der Waals surface area contributed by atoms with Gasteiger partial charge in [0.1, 0.15) is 6.04 Å². The zero-order valence-electron chi connectivity index (χ0n) is 19.2. The number of amides is 1. The van der Waals surface area contributed by atoms with E-state index in [9.17, 15) is 13.2 Å². The molecular formula is C25H29N3O5S. The number of fused-ring (bicyclic) bond motifs is 2. The molecule has 9 heteroatoms. The van der Waals surface area contributed by atoms with Crippen LogP contribution >= 0.6 is 0 Å². The largest absolute Gasteiger partial charge is 0.454 e. The third-order valence-corrected chi connectivity index (χ3v) is 8.47. The molecular weight excluding hydrogens is 454 g/mol. The molecule has 0 unspecified atom stereocenters. The molecule has 1 fully saturated rings. The second-order valence-corrected chi connectivity index (χ2v) is 10.7. The van der Waals surface area contributed by atoms with Crippen LogP contribution in [0.4, 0.5) is 0 Å². The number of carbonyl (C=O) groups excluding carboxylic acids is 1. The van der Waals surface area contributed by atoms with Gasteiger partial charge in [0.15, 0.2) is 11.5 Å². The number of piperidine rings is 1. The number of rotatable bonds is 7. The average Bonchev–Trinajstić information content (AvgIpc) is 3.50. The lowest BCUT2D eigenvalue weighted by molar-refractivity contribution is -0.124. The first-order valence-electron chi connectivity index (χ1n) is 11.7. The fraction of sp³-hybridized carbons (Fsp3) is 0.400. The van der Waals surface area contributed by atoms with Crippen LogP contribution < -0.4 is 14.8 Å². The molecule has 1 aromatic heterocycles. The van der Waals surface area contributed by atoms with Crippen LogP contribution in [0.3, 0.4) is 0 Å². The summed E-state index contributed by atoms with van der Waals surface area (Å²) in [6.07, 6.45) is 5.33. The first kappa shape index (κ1) is 22.7. The van der Waals surface area contributed by atoms with Crippen LogP contribution in [0.15, 0.2) is 53.6 Å². The van der Waals surface area contributed by atoms with E-state index in [1.807, 2.05) is 42.0 Å². The number of nitrogens with zero attached hydrogens (tertiary/aromatic N) is 2. The van der Waals surface area contributed by atoms with Crippen LogP contribution in [0, 0.1) is 0 Å². The van der Waals surface area contributed by atoms with Crippen molar-refractivity contribution in [1.29, 1.82) is 0 Å². The number of hydrogen-bond donors (Lipinski definition) is 1. The number of benzene rings is 2. The van der Waals surface area contributed by atoms with E-state index in [2.05, 4.69) is 5.32 Å². The molecule has 0 radical (unpaired) electrons.